The predicted octanol–water partition coefficient (Wildman–Crippen LogP) is 2.54. The zero-order valence-electron chi connectivity index (χ0n) is 14.6. The molecular formula is C18H29N3OS. The maximum Gasteiger partial charge on any atom is 0.263 e. The number of nitrogens with zero attached hydrogens (tertiary/aromatic N) is 3. The summed E-state index contributed by atoms with van der Waals surface area (Å²) in [6, 6.07) is 2.67. The monoisotopic (exact) mass is 335 g/mol. The van der Waals surface area contributed by atoms with Crippen LogP contribution >= 0.6 is 11.3 Å². The molecule has 1 aromatic heterocycles. The van der Waals surface area contributed by atoms with Crippen molar-refractivity contribution in [3.63, 3.8) is 0 Å². The first kappa shape index (κ1) is 16.9. The Balaban J connectivity index is 1.48. The van der Waals surface area contributed by atoms with Crippen LogP contribution in [0.15, 0.2) is 11.4 Å². The van der Waals surface area contributed by atoms with Gasteiger partial charge < -0.3 is 9.80 Å². The van der Waals surface area contributed by atoms with Crippen LogP contribution in [-0.4, -0.2) is 73.0 Å². The van der Waals surface area contributed by atoms with Crippen LogP contribution in [0.5, 0.6) is 0 Å². The highest BCUT2D eigenvalue weighted by Crippen LogP contribution is 2.23. The molecule has 3 rings (SSSR count). The normalized spacial score (nSPS) is 25.0. The lowest BCUT2D eigenvalue weighted by molar-refractivity contribution is 0.0559. The van der Waals surface area contributed by atoms with Gasteiger partial charge >= 0.3 is 0 Å². The number of rotatable bonds is 3. The molecule has 0 aliphatic carbocycles. The highest BCUT2D eigenvalue weighted by atomic mass is 32.1. The number of aryl methyl sites for hydroxylation is 1. The van der Waals surface area contributed by atoms with Gasteiger partial charge in [0, 0.05) is 45.3 Å². The number of hydrogen-bond donors (Lipinski definition) is 0. The molecular weight excluding hydrogens is 306 g/mol. The quantitative estimate of drug-likeness (QED) is 0.849. The van der Waals surface area contributed by atoms with Gasteiger partial charge in [-0.25, -0.2) is 0 Å². The molecule has 0 radical (unpaired) electrons. The Morgan fingerprint density at radius 1 is 1.26 bits per heavy atom. The van der Waals surface area contributed by atoms with Crippen LogP contribution in [0.1, 0.15) is 35.0 Å². The van der Waals surface area contributed by atoms with E-state index in [-0.39, 0.29) is 5.91 Å². The topological polar surface area (TPSA) is 26.8 Å². The van der Waals surface area contributed by atoms with E-state index in [0.29, 0.717) is 6.04 Å². The van der Waals surface area contributed by atoms with E-state index in [1.165, 1.54) is 31.7 Å². The Bertz CT molecular complexity index is 536. The number of hydrogen-bond acceptors (Lipinski definition) is 4. The smallest absolute Gasteiger partial charge is 0.263 e. The lowest BCUT2D eigenvalue weighted by Gasteiger charge is -2.41. The van der Waals surface area contributed by atoms with E-state index in [1.807, 2.05) is 6.07 Å². The Hall–Kier alpha value is -0.910. The number of thiophene rings is 1. The predicted molar refractivity (Wildman–Crippen MR) is 96.2 cm³/mol. The van der Waals surface area contributed by atoms with E-state index in [0.717, 1.165) is 36.7 Å². The molecule has 3 heterocycles. The standard InChI is InChI=1S/C18H29N3OS/c1-14-10-17(23-13-14)18(22)20-6-4-16(5-7-20)12-21-9-8-19(3)11-15(21)2/h10,13,15-16H,4-9,11-12H2,1-3H3/t15-/m0/s1. The summed E-state index contributed by atoms with van der Waals surface area (Å²) in [6.45, 7) is 11.0. The van der Waals surface area contributed by atoms with E-state index in [9.17, 15) is 4.79 Å². The Morgan fingerprint density at radius 2 is 2.00 bits per heavy atom. The van der Waals surface area contributed by atoms with E-state index in [1.54, 1.807) is 11.3 Å². The fourth-order valence-corrected chi connectivity index (χ4v) is 4.66. The van der Waals surface area contributed by atoms with Crippen molar-refractivity contribution < 1.29 is 4.79 Å². The van der Waals surface area contributed by atoms with E-state index in [2.05, 4.69) is 41.0 Å². The van der Waals surface area contributed by atoms with Crippen molar-refractivity contribution in [2.75, 3.05) is 46.3 Å². The van der Waals surface area contributed by atoms with Crippen molar-refractivity contribution in [1.82, 2.24) is 14.7 Å². The molecule has 0 spiro atoms. The summed E-state index contributed by atoms with van der Waals surface area (Å²) in [5, 5.41) is 2.06. The molecule has 0 saturated carbocycles. The molecule has 0 N–H and O–H groups in total. The van der Waals surface area contributed by atoms with Gasteiger partial charge in [-0.1, -0.05) is 0 Å². The minimum absolute atomic E-state index is 0.231. The van der Waals surface area contributed by atoms with Crippen LogP contribution in [0.3, 0.4) is 0 Å². The summed E-state index contributed by atoms with van der Waals surface area (Å²) >= 11 is 1.58. The average molecular weight is 336 g/mol. The van der Waals surface area contributed by atoms with E-state index >= 15 is 0 Å². The van der Waals surface area contributed by atoms with Gasteiger partial charge in [0.25, 0.3) is 5.91 Å². The molecule has 1 aromatic rings. The molecule has 5 heteroatoms. The maximum atomic E-state index is 12.5. The average Bonchev–Trinajstić information content (AvgIpc) is 2.97. The molecule has 2 aliphatic heterocycles. The first-order chi connectivity index (χ1) is 11.0. The molecule has 2 saturated heterocycles. The highest BCUT2D eigenvalue weighted by Gasteiger charge is 2.28. The third kappa shape index (κ3) is 4.14. The van der Waals surface area contributed by atoms with Crippen molar-refractivity contribution in [1.29, 1.82) is 0 Å². The Morgan fingerprint density at radius 3 is 2.61 bits per heavy atom. The van der Waals surface area contributed by atoms with Crippen molar-refractivity contribution in [2.45, 2.75) is 32.7 Å². The Labute approximate surface area is 144 Å². The summed E-state index contributed by atoms with van der Waals surface area (Å²) in [5.41, 5.74) is 1.19. The van der Waals surface area contributed by atoms with Gasteiger partial charge in [-0.05, 0) is 56.7 Å². The minimum atomic E-state index is 0.231. The number of piperazine rings is 1. The molecule has 1 amide bonds. The van der Waals surface area contributed by atoms with Crippen LogP contribution in [0, 0.1) is 12.8 Å². The Kier molecular flexibility index (Phi) is 5.39. The number of likely N-dealkylation sites (N-methyl/N-ethyl adjacent to an activating group) is 1. The fourth-order valence-electron chi connectivity index (χ4n) is 3.80. The summed E-state index contributed by atoms with van der Waals surface area (Å²) in [6.07, 6.45) is 2.30. The van der Waals surface area contributed by atoms with Gasteiger partial charge in [-0.2, -0.15) is 0 Å². The van der Waals surface area contributed by atoms with Crippen molar-refractivity contribution >= 4 is 17.2 Å². The second kappa shape index (κ2) is 7.32. The number of piperidine rings is 1. The first-order valence-corrected chi connectivity index (χ1v) is 9.68. The van der Waals surface area contributed by atoms with Gasteiger partial charge in [0.15, 0.2) is 0 Å². The zero-order chi connectivity index (χ0) is 16.4. The van der Waals surface area contributed by atoms with Gasteiger partial charge in [0.2, 0.25) is 0 Å². The largest absolute Gasteiger partial charge is 0.338 e. The molecule has 2 aliphatic rings. The molecule has 0 bridgehead atoms. The van der Waals surface area contributed by atoms with Crippen LogP contribution in [0.4, 0.5) is 0 Å². The molecule has 1 atom stereocenters. The molecule has 128 valence electrons. The second-order valence-corrected chi connectivity index (χ2v) is 8.24. The third-order valence-electron chi connectivity index (χ3n) is 5.30. The summed E-state index contributed by atoms with van der Waals surface area (Å²) < 4.78 is 0. The van der Waals surface area contributed by atoms with Crippen molar-refractivity contribution in [3.8, 4) is 0 Å². The minimum Gasteiger partial charge on any atom is -0.338 e. The zero-order valence-corrected chi connectivity index (χ0v) is 15.4. The molecule has 0 unspecified atom stereocenters. The summed E-state index contributed by atoms with van der Waals surface area (Å²) in [5.74, 6) is 0.976. The van der Waals surface area contributed by atoms with Crippen LogP contribution in [-0.2, 0) is 0 Å². The summed E-state index contributed by atoms with van der Waals surface area (Å²) in [7, 11) is 2.21. The van der Waals surface area contributed by atoms with Gasteiger partial charge in [0.05, 0.1) is 4.88 Å². The van der Waals surface area contributed by atoms with Gasteiger partial charge in [0.1, 0.15) is 0 Å². The second-order valence-electron chi connectivity index (χ2n) is 7.33. The number of likely N-dealkylation sites (tertiary alicyclic amines) is 1. The first-order valence-electron chi connectivity index (χ1n) is 8.80. The van der Waals surface area contributed by atoms with Crippen LogP contribution in [0.2, 0.25) is 0 Å². The maximum absolute atomic E-state index is 12.5. The SMILES string of the molecule is Cc1csc(C(=O)N2CCC(CN3CCN(C)C[C@@H]3C)CC2)c1. The van der Waals surface area contributed by atoms with Gasteiger partial charge in [-0.15, -0.1) is 11.3 Å². The highest BCUT2D eigenvalue weighted by molar-refractivity contribution is 7.12. The van der Waals surface area contributed by atoms with Crippen molar-refractivity contribution in [2.24, 2.45) is 5.92 Å². The van der Waals surface area contributed by atoms with Crippen LogP contribution in [0.25, 0.3) is 0 Å². The van der Waals surface area contributed by atoms with Crippen molar-refractivity contribution in [3.05, 3.63) is 21.9 Å². The van der Waals surface area contributed by atoms with E-state index < -0.39 is 0 Å². The molecule has 2 fully saturated rings. The number of carbonyl (C=O) groups excluding carboxylic acids is 1. The third-order valence-corrected chi connectivity index (χ3v) is 6.34. The molecule has 23 heavy (non-hydrogen) atoms. The molecule has 4 nitrogen and oxygen atoms in total. The lowest BCUT2D eigenvalue weighted by Crippen LogP contribution is -2.52. The van der Waals surface area contributed by atoms with Crippen LogP contribution < -0.4 is 0 Å². The lowest BCUT2D eigenvalue weighted by atomic mass is 9.95. The molecule has 0 aromatic carbocycles. The fraction of sp³-hybridized carbons (Fsp3) is 0.722. The number of amides is 1. The van der Waals surface area contributed by atoms with Gasteiger partial charge in [-0.3, -0.25) is 9.69 Å². The summed E-state index contributed by atoms with van der Waals surface area (Å²) in [4.78, 5) is 20.5. The number of carbonyl (C=O) groups is 1. The van der Waals surface area contributed by atoms with E-state index in [4.69, 9.17) is 0 Å².